The van der Waals surface area contributed by atoms with Gasteiger partial charge in [0.05, 0.1) is 12.3 Å². The van der Waals surface area contributed by atoms with E-state index in [1.54, 1.807) is 19.3 Å². The predicted octanol–water partition coefficient (Wildman–Crippen LogP) is 1.05. The number of furan rings is 1. The highest BCUT2D eigenvalue weighted by Crippen LogP contribution is 2.12. The normalized spacial score (nSPS) is 14.8. The van der Waals surface area contributed by atoms with Crippen LogP contribution in [-0.2, 0) is 4.79 Å². The summed E-state index contributed by atoms with van der Waals surface area (Å²) in [5.74, 6) is 0.548. The van der Waals surface area contributed by atoms with Gasteiger partial charge in [-0.25, -0.2) is 0 Å². The van der Waals surface area contributed by atoms with Crippen LogP contribution in [0.5, 0.6) is 0 Å². The van der Waals surface area contributed by atoms with Crippen LogP contribution < -0.4 is 11.1 Å². The second kappa shape index (κ2) is 4.81. The molecule has 3 N–H and O–H groups in total. The smallest absolute Gasteiger partial charge is 0.224 e. The van der Waals surface area contributed by atoms with E-state index in [1.165, 1.54) is 0 Å². The van der Waals surface area contributed by atoms with Crippen molar-refractivity contribution in [3.63, 3.8) is 0 Å². The highest BCUT2D eigenvalue weighted by atomic mass is 16.3. The molecule has 1 unspecified atom stereocenters. The third-order valence-corrected chi connectivity index (χ3v) is 2.13. The van der Waals surface area contributed by atoms with E-state index in [0.29, 0.717) is 6.54 Å². The lowest BCUT2D eigenvalue weighted by Crippen LogP contribution is -2.34. The Balaban J connectivity index is 2.49. The quantitative estimate of drug-likeness (QED) is 0.756. The number of rotatable bonds is 4. The van der Waals surface area contributed by atoms with Crippen molar-refractivity contribution in [2.75, 3.05) is 6.54 Å². The van der Waals surface area contributed by atoms with E-state index in [1.807, 2.05) is 13.0 Å². The molecule has 0 aromatic carbocycles. The molecule has 0 aliphatic carbocycles. The summed E-state index contributed by atoms with van der Waals surface area (Å²) in [6.07, 6.45) is 1.59. The second-order valence-corrected chi connectivity index (χ2v) is 3.38. The zero-order valence-corrected chi connectivity index (χ0v) is 8.49. The Morgan fingerprint density at radius 3 is 2.86 bits per heavy atom. The Kier molecular flexibility index (Phi) is 3.71. The first-order valence-electron chi connectivity index (χ1n) is 4.69. The van der Waals surface area contributed by atoms with E-state index in [4.69, 9.17) is 10.2 Å². The van der Waals surface area contributed by atoms with Gasteiger partial charge in [0.1, 0.15) is 5.76 Å². The molecule has 0 spiro atoms. The van der Waals surface area contributed by atoms with Crippen LogP contribution in [-0.4, -0.2) is 12.5 Å². The first-order valence-corrected chi connectivity index (χ1v) is 4.69. The summed E-state index contributed by atoms with van der Waals surface area (Å²) in [5.41, 5.74) is 5.38. The summed E-state index contributed by atoms with van der Waals surface area (Å²) in [6, 6.07) is 3.52. The zero-order valence-electron chi connectivity index (χ0n) is 8.49. The summed E-state index contributed by atoms with van der Waals surface area (Å²) < 4.78 is 5.16. The summed E-state index contributed by atoms with van der Waals surface area (Å²) in [6.45, 7) is 4.03. The Labute approximate surface area is 83.5 Å². The van der Waals surface area contributed by atoms with E-state index in [9.17, 15) is 4.79 Å². The maximum absolute atomic E-state index is 11.4. The first kappa shape index (κ1) is 10.8. The minimum Gasteiger partial charge on any atom is -0.467 e. The Bertz CT molecular complexity index is 282. The maximum atomic E-state index is 11.4. The lowest BCUT2D eigenvalue weighted by atomic mass is 10.1. The van der Waals surface area contributed by atoms with Gasteiger partial charge in [-0.05, 0) is 19.1 Å². The molecule has 1 heterocycles. The molecule has 0 radical (unpaired) electrons. The molecule has 14 heavy (non-hydrogen) atoms. The van der Waals surface area contributed by atoms with Crippen LogP contribution >= 0.6 is 0 Å². The van der Waals surface area contributed by atoms with Crippen molar-refractivity contribution in [3.05, 3.63) is 24.2 Å². The van der Waals surface area contributed by atoms with Gasteiger partial charge in [0.25, 0.3) is 0 Å². The molecule has 0 aliphatic heterocycles. The van der Waals surface area contributed by atoms with Crippen molar-refractivity contribution in [1.82, 2.24) is 5.32 Å². The van der Waals surface area contributed by atoms with Crippen molar-refractivity contribution in [2.45, 2.75) is 19.9 Å². The highest BCUT2D eigenvalue weighted by Gasteiger charge is 2.15. The minimum atomic E-state index is -0.160. The van der Waals surface area contributed by atoms with Crippen LogP contribution in [0.2, 0.25) is 0 Å². The fourth-order valence-corrected chi connectivity index (χ4v) is 1.07. The topological polar surface area (TPSA) is 68.3 Å². The molecule has 0 bridgehead atoms. The van der Waals surface area contributed by atoms with Gasteiger partial charge < -0.3 is 15.5 Å². The minimum absolute atomic E-state index is 0.0450. The van der Waals surface area contributed by atoms with Crippen LogP contribution in [0.1, 0.15) is 25.6 Å². The van der Waals surface area contributed by atoms with E-state index in [-0.39, 0.29) is 17.9 Å². The maximum Gasteiger partial charge on any atom is 0.224 e. The molecule has 4 heteroatoms. The lowest BCUT2D eigenvalue weighted by Gasteiger charge is -2.14. The molecule has 2 atom stereocenters. The molecule has 0 saturated heterocycles. The number of amides is 1. The summed E-state index contributed by atoms with van der Waals surface area (Å²) >= 11 is 0. The second-order valence-electron chi connectivity index (χ2n) is 3.38. The van der Waals surface area contributed by atoms with Crippen molar-refractivity contribution in [1.29, 1.82) is 0 Å². The first-order chi connectivity index (χ1) is 6.65. The van der Waals surface area contributed by atoms with Crippen molar-refractivity contribution < 1.29 is 9.21 Å². The van der Waals surface area contributed by atoms with Gasteiger partial charge >= 0.3 is 0 Å². The fourth-order valence-electron chi connectivity index (χ4n) is 1.07. The molecule has 1 aromatic rings. The molecule has 1 rings (SSSR count). The largest absolute Gasteiger partial charge is 0.467 e. The lowest BCUT2D eigenvalue weighted by molar-refractivity contribution is -0.125. The average molecular weight is 196 g/mol. The van der Waals surface area contributed by atoms with Crippen molar-refractivity contribution >= 4 is 5.91 Å². The molecule has 1 amide bonds. The SMILES string of the molecule is CC(CN)C(=O)N[C@H](C)c1ccco1. The molecular formula is C10H16N2O2. The number of carbonyl (C=O) groups excluding carboxylic acids is 1. The standard InChI is InChI=1S/C10H16N2O2/c1-7(6-11)10(13)12-8(2)9-4-3-5-14-9/h3-5,7-8H,6,11H2,1-2H3,(H,12,13)/t7?,8-/m1/s1. The molecular weight excluding hydrogens is 180 g/mol. The van der Waals surface area contributed by atoms with Crippen LogP contribution in [0.4, 0.5) is 0 Å². The summed E-state index contributed by atoms with van der Waals surface area (Å²) in [7, 11) is 0. The van der Waals surface area contributed by atoms with Crippen LogP contribution in [0.15, 0.2) is 22.8 Å². The zero-order chi connectivity index (χ0) is 10.6. The van der Waals surface area contributed by atoms with Gasteiger partial charge in [-0.2, -0.15) is 0 Å². The van der Waals surface area contributed by atoms with E-state index >= 15 is 0 Å². The van der Waals surface area contributed by atoms with E-state index in [0.717, 1.165) is 5.76 Å². The summed E-state index contributed by atoms with van der Waals surface area (Å²) in [4.78, 5) is 11.4. The summed E-state index contributed by atoms with van der Waals surface area (Å²) in [5, 5.41) is 2.82. The third kappa shape index (κ3) is 2.60. The van der Waals surface area contributed by atoms with Gasteiger partial charge in [0.15, 0.2) is 0 Å². The Morgan fingerprint density at radius 2 is 2.36 bits per heavy atom. The number of nitrogens with one attached hydrogen (secondary N) is 1. The fraction of sp³-hybridized carbons (Fsp3) is 0.500. The van der Waals surface area contributed by atoms with E-state index in [2.05, 4.69) is 5.32 Å². The molecule has 0 aliphatic rings. The average Bonchev–Trinajstić information content (AvgIpc) is 2.69. The predicted molar refractivity (Wildman–Crippen MR) is 53.5 cm³/mol. The van der Waals surface area contributed by atoms with Gasteiger partial charge in [-0.15, -0.1) is 0 Å². The van der Waals surface area contributed by atoms with Gasteiger partial charge in [0.2, 0.25) is 5.91 Å². The Morgan fingerprint density at radius 1 is 1.64 bits per heavy atom. The molecule has 78 valence electrons. The molecule has 0 fully saturated rings. The van der Waals surface area contributed by atoms with Crippen LogP contribution in [0.25, 0.3) is 0 Å². The van der Waals surface area contributed by atoms with Gasteiger partial charge in [-0.1, -0.05) is 6.92 Å². The van der Waals surface area contributed by atoms with Crippen LogP contribution in [0.3, 0.4) is 0 Å². The number of hydrogen-bond donors (Lipinski definition) is 2. The number of hydrogen-bond acceptors (Lipinski definition) is 3. The van der Waals surface area contributed by atoms with Gasteiger partial charge in [0, 0.05) is 12.5 Å². The third-order valence-electron chi connectivity index (χ3n) is 2.13. The molecule has 0 saturated carbocycles. The number of nitrogens with two attached hydrogens (primary N) is 1. The van der Waals surface area contributed by atoms with Crippen molar-refractivity contribution in [3.8, 4) is 0 Å². The monoisotopic (exact) mass is 196 g/mol. The molecule has 4 nitrogen and oxygen atoms in total. The number of carbonyl (C=O) groups is 1. The molecule has 1 aromatic heterocycles. The van der Waals surface area contributed by atoms with E-state index < -0.39 is 0 Å². The van der Waals surface area contributed by atoms with Gasteiger partial charge in [-0.3, -0.25) is 4.79 Å². The van der Waals surface area contributed by atoms with Crippen molar-refractivity contribution in [2.24, 2.45) is 11.7 Å². The van der Waals surface area contributed by atoms with Crippen LogP contribution in [0, 0.1) is 5.92 Å². The highest BCUT2D eigenvalue weighted by molar-refractivity contribution is 5.78. The Hall–Kier alpha value is -1.29.